The third-order valence-corrected chi connectivity index (χ3v) is 2.00. The fraction of sp³-hybridized carbons (Fsp3) is 0.222. The Morgan fingerprint density at radius 1 is 1.44 bits per heavy atom. The van der Waals surface area contributed by atoms with Gasteiger partial charge in [-0.2, -0.15) is 0 Å². The van der Waals surface area contributed by atoms with Crippen LogP contribution in [0.1, 0.15) is 10.4 Å². The van der Waals surface area contributed by atoms with Gasteiger partial charge in [-0.15, -0.1) is 0 Å². The number of hydrogen-bond acceptors (Lipinski definition) is 6. The highest BCUT2D eigenvalue weighted by molar-refractivity contribution is 14.1. The molecule has 0 heterocycles. The van der Waals surface area contributed by atoms with E-state index in [1.165, 1.54) is 24.3 Å². The van der Waals surface area contributed by atoms with E-state index in [-0.39, 0.29) is 11.3 Å². The zero-order valence-corrected chi connectivity index (χ0v) is 10.3. The van der Waals surface area contributed by atoms with Gasteiger partial charge in [0.2, 0.25) is 6.35 Å². The lowest BCUT2D eigenvalue weighted by atomic mass is 10.2. The molecule has 0 spiro atoms. The van der Waals surface area contributed by atoms with Crippen molar-refractivity contribution in [3.63, 3.8) is 0 Å². The summed E-state index contributed by atoms with van der Waals surface area (Å²) in [5.41, 5.74) is 5.64. The van der Waals surface area contributed by atoms with Crippen molar-refractivity contribution in [2.24, 2.45) is 5.73 Å². The summed E-state index contributed by atoms with van der Waals surface area (Å²) in [6, 6.07) is 5.54. The Balaban J connectivity index is 2.55. The summed E-state index contributed by atoms with van der Waals surface area (Å²) in [6.07, 6.45) is -1.09. The number of carbonyl (C=O) groups excluding carboxylic acids is 1. The van der Waals surface area contributed by atoms with Gasteiger partial charge >= 0.3 is 5.97 Å². The van der Waals surface area contributed by atoms with Gasteiger partial charge in [-0.25, -0.2) is 10.1 Å². The lowest BCUT2D eigenvalue weighted by Crippen LogP contribution is -2.44. The Morgan fingerprint density at radius 2 is 2.00 bits per heavy atom. The number of phenolic OH excluding ortho intramolecular Hbond substituents is 1. The number of halogens is 1. The topological polar surface area (TPSA) is 105 Å². The molecule has 0 aliphatic rings. The van der Waals surface area contributed by atoms with Crippen molar-refractivity contribution < 1.29 is 19.7 Å². The number of phenols is 1. The first-order valence-corrected chi connectivity index (χ1v) is 5.57. The van der Waals surface area contributed by atoms with E-state index in [0.29, 0.717) is 0 Å². The monoisotopic (exact) mass is 338 g/mol. The minimum Gasteiger partial charge on any atom is -0.508 e. The normalized spacial score (nSPS) is 14.2. The first-order valence-electron chi connectivity index (χ1n) is 4.33. The number of carbonyl (C=O) groups is 1. The largest absolute Gasteiger partial charge is 0.508 e. The van der Waals surface area contributed by atoms with Crippen LogP contribution in [0.4, 0.5) is 0 Å². The first-order chi connectivity index (χ1) is 7.49. The molecule has 16 heavy (non-hydrogen) atoms. The van der Waals surface area contributed by atoms with Gasteiger partial charge in [0.25, 0.3) is 0 Å². The van der Waals surface area contributed by atoms with E-state index in [1.807, 2.05) is 0 Å². The van der Waals surface area contributed by atoms with Crippen LogP contribution in [-0.4, -0.2) is 26.8 Å². The van der Waals surface area contributed by atoms with Crippen molar-refractivity contribution in [2.45, 2.75) is 10.6 Å². The molecule has 0 aromatic heterocycles. The molecule has 1 rings (SSSR count). The van der Waals surface area contributed by atoms with E-state index in [1.54, 1.807) is 22.6 Å². The van der Waals surface area contributed by atoms with Crippen molar-refractivity contribution >= 4 is 28.6 Å². The van der Waals surface area contributed by atoms with Crippen LogP contribution in [0, 0.1) is 0 Å². The predicted molar refractivity (Wildman–Crippen MR) is 64.7 cm³/mol. The molecule has 0 bridgehead atoms. The van der Waals surface area contributed by atoms with Crippen LogP contribution in [0.2, 0.25) is 0 Å². The number of ether oxygens (including phenoxy) is 1. The van der Waals surface area contributed by atoms with Gasteiger partial charge in [0, 0.05) is 0 Å². The van der Waals surface area contributed by atoms with Crippen LogP contribution in [0.3, 0.4) is 0 Å². The van der Waals surface area contributed by atoms with Crippen LogP contribution >= 0.6 is 22.6 Å². The Hall–Kier alpha value is -0.900. The smallest absolute Gasteiger partial charge is 0.340 e. The number of aliphatic hydroxyl groups is 1. The first kappa shape index (κ1) is 13.2. The van der Waals surface area contributed by atoms with Crippen molar-refractivity contribution in [3.8, 4) is 5.75 Å². The number of nitrogens with one attached hydrogen (secondary N) is 1. The maximum atomic E-state index is 11.4. The Labute approximate surface area is 106 Å². The van der Waals surface area contributed by atoms with Gasteiger partial charge in [0.05, 0.1) is 5.56 Å². The molecule has 2 atom stereocenters. The standard InChI is InChI=1S/C9H11IN2O4/c10-8(15)12-9(11)16-7(14)5-1-3-6(13)4-2-5/h1-4,8-9,12-13,15H,11H2/t8-,9?/m1/s1. The lowest BCUT2D eigenvalue weighted by Gasteiger charge is -2.15. The molecule has 0 fully saturated rings. The van der Waals surface area contributed by atoms with Gasteiger partial charge in [-0.05, 0) is 46.9 Å². The van der Waals surface area contributed by atoms with E-state index in [2.05, 4.69) is 5.32 Å². The summed E-state index contributed by atoms with van der Waals surface area (Å²) in [5, 5.41) is 20.3. The van der Waals surface area contributed by atoms with E-state index in [9.17, 15) is 4.79 Å². The zero-order valence-electron chi connectivity index (χ0n) is 8.13. The van der Waals surface area contributed by atoms with E-state index < -0.39 is 16.6 Å². The molecule has 1 aromatic rings. The third kappa shape index (κ3) is 4.31. The minimum atomic E-state index is -1.09. The fourth-order valence-electron chi connectivity index (χ4n) is 0.950. The molecule has 7 heteroatoms. The lowest BCUT2D eigenvalue weighted by molar-refractivity contribution is 0.0145. The van der Waals surface area contributed by atoms with Crippen molar-refractivity contribution in [3.05, 3.63) is 29.8 Å². The maximum Gasteiger partial charge on any atom is 0.340 e. The molecule has 0 amide bonds. The van der Waals surface area contributed by atoms with Crippen molar-refractivity contribution in [1.29, 1.82) is 0 Å². The number of alkyl halides is 1. The fourth-order valence-corrected chi connectivity index (χ4v) is 1.30. The molecule has 0 saturated heterocycles. The number of rotatable bonds is 4. The molecule has 0 aliphatic heterocycles. The second-order valence-corrected chi connectivity index (χ2v) is 4.06. The van der Waals surface area contributed by atoms with Gasteiger partial charge in [-0.1, -0.05) is 0 Å². The highest BCUT2D eigenvalue weighted by Gasteiger charge is 2.13. The number of aromatic hydroxyl groups is 1. The Bertz CT molecular complexity index is 355. The second-order valence-electron chi connectivity index (χ2n) is 2.88. The molecule has 6 nitrogen and oxygen atoms in total. The average Bonchev–Trinajstić information content (AvgIpc) is 2.16. The summed E-state index contributed by atoms with van der Waals surface area (Å²) in [4.78, 5) is 11.4. The van der Waals surface area contributed by atoms with Gasteiger partial charge in [0.15, 0.2) is 4.23 Å². The molecule has 5 N–H and O–H groups in total. The minimum absolute atomic E-state index is 0.0571. The predicted octanol–water partition coefficient (Wildman–Crippen LogP) is 0.0918. The highest BCUT2D eigenvalue weighted by atomic mass is 127. The molecular formula is C9H11IN2O4. The number of aliphatic hydroxyl groups excluding tert-OH is 1. The summed E-state index contributed by atoms with van der Waals surface area (Å²) >= 11 is 1.66. The number of hydrogen-bond donors (Lipinski definition) is 4. The molecule has 0 radical (unpaired) electrons. The summed E-state index contributed by atoms with van der Waals surface area (Å²) in [7, 11) is 0. The molecule has 1 aromatic carbocycles. The number of benzene rings is 1. The highest BCUT2D eigenvalue weighted by Crippen LogP contribution is 2.10. The zero-order chi connectivity index (χ0) is 12.1. The quantitative estimate of drug-likeness (QED) is 0.204. The Kier molecular flexibility index (Phi) is 4.93. The maximum absolute atomic E-state index is 11.4. The van der Waals surface area contributed by atoms with Crippen LogP contribution in [0.5, 0.6) is 5.75 Å². The molecule has 0 aliphatic carbocycles. The molecule has 1 unspecified atom stereocenters. The summed E-state index contributed by atoms with van der Waals surface area (Å²) in [5.74, 6) is -0.585. The van der Waals surface area contributed by atoms with E-state index in [0.717, 1.165) is 0 Å². The van der Waals surface area contributed by atoms with Crippen molar-refractivity contribution in [1.82, 2.24) is 5.32 Å². The van der Waals surface area contributed by atoms with Crippen LogP contribution < -0.4 is 11.1 Å². The van der Waals surface area contributed by atoms with Crippen LogP contribution in [0.15, 0.2) is 24.3 Å². The van der Waals surface area contributed by atoms with Crippen molar-refractivity contribution in [2.75, 3.05) is 0 Å². The van der Waals surface area contributed by atoms with Gasteiger partial charge in [-0.3, -0.25) is 5.73 Å². The molecule has 0 saturated carbocycles. The number of nitrogens with two attached hydrogens (primary N) is 1. The SMILES string of the molecule is NC(N[C@H](O)I)OC(=O)c1ccc(O)cc1. The van der Waals surface area contributed by atoms with Gasteiger partial charge in [0.1, 0.15) is 5.75 Å². The summed E-state index contributed by atoms with van der Waals surface area (Å²) < 4.78 is 3.87. The van der Waals surface area contributed by atoms with E-state index >= 15 is 0 Å². The Morgan fingerprint density at radius 3 is 2.50 bits per heavy atom. The summed E-state index contributed by atoms with van der Waals surface area (Å²) in [6.45, 7) is 0. The molecular weight excluding hydrogens is 327 g/mol. The third-order valence-electron chi connectivity index (χ3n) is 1.64. The van der Waals surface area contributed by atoms with Gasteiger partial charge < -0.3 is 14.9 Å². The van der Waals surface area contributed by atoms with Crippen LogP contribution in [-0.2, 0) is 4.74 Å². The second kappa shape index (κ2) is 5.99. The molecule has 88 valence electrons. The van der Waals surface area contributed by atoms with E-state index in [4.69, 9.17) is 20.7 Å². The number of esters is 1. The average molecular weight is 338 g/mol. The van der Waals surface area contributed by atoms with Crippen LogP contribution in [0.25, 0.3) is 0 Å².